The second-order valence-electron chi connectivity index (χ2n) is 10.6. The first-order valence-corrected chi connectivity index (χ1v) is 14.3. The summed E-state index contributed by atoms with van der Waals surface area (Å²) in [5, 5.41) is 61.7. The fourth-order valence-corrected chi connectivity index (χ4v) is 4.40. The Labute approximate surface area is 264 Å². The Morgan fingerprint density at radius 3 is 1.15 bits per heavy atom. The molecule has 6 N–H and O–H groups in total. The van der Waals surface area contributed by atoms with Crippen LogP contribution in [0.1, 0.15) is 22.3 Å². The van der Waals surface area contributed by atoms with Crippen LogP contribution in [0.15, 0.2) is 84.9 Å². The van der Waals surface area contributed by atoms with Crippen molar-refractivity contribution < 1.29 is 58.4 Å². The van der Waals surface area contributed by atoms with Gasteiger partial charge in [-0.05, 0) is 70.8 Å². The van der Waals surface area contributed by atoms with Crippen molar-refractivity contribution in [2.45, 2.75) is 50.8 Å². The number of phenols is 4. The minimum Gasteiger partial charge on any atom is -0.504 e. The van der Waals surface area contributed by atoms with Gasteiger partial charge in [-0.2, -0.15) is 0 Å². The monoisotopic (exact) mass is 642 g/mol. The van der Waals surface area contributed by atoms with Crippen LogP contribution in [0.4, 0.5) is 8.78 Å². The lowest BCUT2D eigenvalue weighted by Gasteiger charge is -2.32. The van der Waals surface area contributed by atoms with E-state index in [0.717, 1.165) is 0 Å². The summed E-state index contributed by atoms with van der Waals surface area (Å²) in [6.45, 7) is -0.603. The highest BCUT2D eigenvalue weighted by Crippen LogP contribution is 2.27. The van der Waals surface area contributed by atoms with Gasteiger partial charge in [-0.1, -0.05) is 36.4 Å². The Hall–Kier alpha value is -4.30. The molecule has 0 amide bonds. The van der Waals surface area contributed by atoms with Crippen molar-refractivity contribution in [1.29, 1.82) is 0 Å². The maximum Gasteiger partial charge on any atom is 0.157 e. The molecule has 4 aromatic rings. The molecule has 4 aromatic carbocycles. The average molecular weight is 643 g/mol. The van der Waals surface area contributed by atoms with Crippen molar-refractivity contribution in [3.05, 3.63) is 119 Å². The number of phenolic OH excluding ortho intramolecular Hbond substituents is 4. The molecule has 0 radical (unpaired) electrons. The highest BCUT2D eigenvalue weighted by molar-refractivity contribution is 5.41. The largest absolute Gasteiger partial charge is 0.504 e. The van der Waals surface area contributed by atoms with Crippen molar-refractivity contribution in [2.75, 3.05) is 13.2 Å². The molecule has 0 heterocycles. The van der Waals surface area contributed by atoms with Gasteiger partial charge in [-0.3, -0.25) is 0 Å². The summed E-state index contributed by atoms with van der Waals surface area (Å²) < 4.78 is 49.9. The van der Waals surface area contributed by atoms with Crippen LogP contribution < -0.4 is 0 Å². The molecule has 0 bridgehead atoms. The van der Waals surface area contributed by atoms with Crippen molar-refractivity contribution in [3.8, 4) is 23.0 Å². The van der Waals surface area contributed by atoms with E-state index in [1.165, 1.54) is 60.7 Å². The van der Waals surface area contributed by atoms with E-state index in [1.54, 1.807) is 24.3 Å². The summed E-state index contributed by atoms with van der Waals surface area (Å²) in [6.07, 6.45) is -5.50. The second-order valence-corrected chi connectivity index (χ2v) is 10.6. The zero-order valence-electron chi connectivity index (χ0n) is 24.7. The van der Waals surface area contributed by atoms with Gasteiger partial charge in [-0.25, -0.2) is 8.78 Å². The van der Waals surface area contributed by atoms with Crippen LogP contribution in [0.2, 0.25) is 0 Å². The van der Waals surface area contributed by atoms with E-state index in [9.17, 15) is 39.4 Å². The summed E-state index contributed by atoms with van der Waals surface area (Å²) in [4.78, 5) is 0. The molecule has 46 heavy (non-hydrogen) atoms. The van der Waals surface area contributed by atoms with Crippen molar-refractivity contribution >= 4 is 0 Å². The third kappa shape index (κ3) is 10.4. The highest BCUT2D eigenvalue weighted by Gasteiger charge is 2.34. The van der Waals surface area contributed by atoms with Gasteiger partial charge in [0.05, 0.1) is 39.6 Å². The number of halogens is 2. The number of hydrogen-bond donors (Lipinski definition) is 6. The standard InChI is InChI=1S/C34H36F2O10/c35-25-7-1-21(2-8-25)15-43-19-31(45-17-23-5-11-27(37)29(39)13-23)33(41)34(42)32(20-44-16-22-3-9-26(36)10-4-22)46-18-24-6-12-28(38)30(40)14-24/h1-14,31-34,37-42H,15-20H2/t31-,32-,33-,34-/m1/s1. The van der Waals surface area contributed by atoms with E-state index in [2.05, 4.69) is 0 Å². The number of aliphatic hydroxyl groups is 2. The molecule has 10 nitrogen and oxygen atoms in total. The molecule has 0 aliphatic rings. The molecule has 246 valence electrons. The molecule has 0 aromatic heterocycles. The molecular formula is C34H36F2O10. The predicted octanol–water partition coefficient (Wildman–Crippen LogP) is 4.41. The first kappa shape index (κ1) is 34.6. The topological polar surface area (TPSA) is 158 Å². The molecule has 12 heteroatoms. The number of aliphatic hydroxyl groups excluding tert-OH is 2. The number of ether oxygens (including phenoxy) is 4. The zero-order chi connectivity index (χ0) is 33.1. The Morgan fingerprint density at radius 2 is 0.804 bits per heavy atom. The lowest BCUT2D eigenvalue weighted by molar-refractivity contribution is -0.170. The maximum absolute atomic E-state index is 13.3. The van der Waals surface area contributed by atoms with Crippen LogP contribution in [0, 0.1) is 11.6 Å². The lowest BCUT2D eigenvalue weighted by Crippen LogP contribution is -2.49. The normalized spacial score (nSPS) is 14.1. The van der Waals surface area contributed by atoms with Crippen molar-refractivity contribution in [3.63, 3.8) is 0 Å². The van der Waals surface area contributed by atoms with E-state index in [-0.39, 0.29) is 62.6 Å². The van der Waals surface area contributed by atoms with Gasteiger partial charge in [0.15, 0.2) is 23.0 Å². The molecule has 4 rings (SSSR count). The molecule has 4 atom stereocenters. The second kappa shape index (κ2) is 16.9. The van der Waals surface area contributed by atoms with Gasteiger partial charge in [0.2, 0.25) is 0 Å². The average Bonchev–Trinajstić information content (AvgIpc) is 3.04. The molecule has 0 spiro atoms. The van der Waals surface area contributed by atoms with Crippen LogP contribution >= 0.6 is 0 Å². The first-order valence-electron chi connectivity index (χ1n) is 14.3. The van der Waals surface area contributed by atoms with Gasteiger partial charge in [0.1, 0.15) is 36.1 Å². The summed E-state index contributed by atoms with van der Waals surface area (Å²) >= 11 is 0. The smallest absolute Gasteiger partial charge is 0.157 e. The lowest BCUT2D eigenvalue weighted by atomic mass is 10.0. The molecular weight excluding hydrogens is 606 g/mol. The number of hydrogen-bond acceptors (Lipinski definition) is 10. The fraction of sp³-hybridized carbons (Fsp3) is 0.294. The van der Waals surface area contributed by atoms with E-state index in [1.807, 2.05) is 0 Å². The Morgan fingerprint density at radius 1 is 0.457 bits per heavy atom. The Balaban J connectivity index is 1.48. The van der Waals surface area contributed by atoms with Gasteiger partial charge >= 0.3 is 0 Å². The highest BCUT2D eigenvalue weighted by atomic mass is 19.1. The third-order valence-corrected chi connectivity index (χ3v) is 7.05. The Bertz CT molecular complexity index is 1400. The molecule has 0 saturated carbocycles. The molecule has 0 fully saturated rings. The Kier molecular flexibility index (Phi) is 12.7. The van der Waals surface area contributed by atoms with E-state index in [4.69, 9.17) is 18.9 Å². The number of benzene rings is 4. The molecule has 0 unspecified atom stereocenters. The molecule has 0 saturated heterocycles. The molecule has 0 aliphatic heterocycles. The van der Waals surface area contributed by atoms with Crippen LogP contribution in [-0.2, 0) is 45.4 Å². The van der Waals surface area contributed by atoms with E-state index < -0.39 is 36.1 Å². The van der Waals surface area contributed by atoms with Gasteiger partial charge in [0.25, 0.3) is 0 Å². The van der Waals surface area contributed by atoms with Crippen molar-refractivity contribution in [1.82, 2.24) is 0 Å². The van der Waals surface area contributed by atoms with Crippen LogP contribution in [0.3, 0.4) is 0 Å². The van der Waals surface area contributed by atoms with Gasteiger partial charge in [0, 0.05) is 0 Å². The number of aromatic hydroxyl groups is 4. The van der Waals surface area contributed by atoms with Crippen LogP contribution in [0.25, 0.3) is 0 Å². The van der Waals surface area contributed by atoms with Gasteiger partial charge in [-0.15, -0.1) is 0 Å². The van der Waals surface area contributed by atoms with E-state index in [0.29, 0.717) is 22.3 Å². The quantitative estimate of drug-likeness (QED) is 0.0912. The number of rotatable bonds is 17. The maximum atomic E-state index is 13.3. The third-order valence-electron chi connectivity index (χ3n) is 7.05. The summed E-state index contributed by atoms with van der Waals surface area (Å²) in [5.74, 6) is -2.18. The summed E-state index contributed by atoms with van der Waals surface area (Å²) in [5.41, 5.74) is 2.24. The molecule has 0 aliphatic carbocycles. The summed E-state index contributed by atoms with van der Waals surface area (Å²) in [6, 6.07) is 19.5. The first-order chi connectivity index (χ1) is 22.1. The van der Waals surface area contributed by atoms with Crippen molar-refractivity contribution in [2.24, 2.45) is 0 Å². The van der Waals surface area contributed by atoms with E-state index >= 15 is 0 Å². The van der Waals surface area contributed by atoms with Gasteiger partial charge < -0.3 is 49.6 Å². The SMILES string of the molecule is Oc1ccc(CO[C@H](COCc2ccc(F)cc2)[C@@H](O)[C@H](O)[C@@H](COCc2ccc(F)cc2)OCc2ccc(O)c(O)c2)cc1O. The van der Waals surface area contributed by atoms with Crippen LogP contribution in [0.5, 0.6) is 23.0 Å². The van der Waals surface area contributed by atoms with Crippen LogP contribution in [-0.4, -0.2) is 68.3 Å². The minimum atomic E-state index is -1.61. The zero-order valence-corrected chi connectivity index (χ0v) is 24.7. The predicted molar refractivity (Wildman–Crippen MR) is 161 cm³/mol. The summed E-state index contributed by atoms with van der Waals surface area (Å²) in [7, 11) is 0. The fourth-order valence-electron chi connectivity index (χ4n) is 4.40. The minimum absolute atomic E-state index is 0.0496.